The lowest BCUT2D eigenvalue weighted by Crippen LogP contribution is -2.24. The Bertz CT molecular complexity index is 595. The molecular formula is C11H9F3N4O. The van der Waals surface area contributed by atoms with Crippen molar-refractivity contribution in [2.45, 2.75) is 13.1 Å². The average molecular weight is 270 g/mol. The molecule has 4 N–H and O–H groups in total. The van der Waals surface area contributed by atoms with Crippen LogP contribution in [0.1, 0.15) is 27.0 Å². The topological polar surface area (TPSA) is 105 Å². The molecule has 19 heavy (non-hydrogen) atoms. The van der Waals surface area contributed by atoms with Crippen LogP contribution in [-0.4, -0.2) is 11.9 Å². The molecule has 0 aliphatic carbocycles. The standard InChI is InChI=1S/C11H9F3N4O/c1-5-2-6(4-15)8(11(12,13)14)3-7(5)9(19)18-10(16)17/h2-3H,1H3,(H4,16,17,18,19). The van der Waals surface area contributed by atoms with Crippen molar-refractivity contribution in [1.29, 1.82) is 5.26 Å². The van der Waals surface area contributed by atoms with Crippen LogP contribution in [0.3, 0.4) is 0 Å². The van der Waals surface area contributed by atoms with E-state index in [1.54, 1.807) is 0 Å². The van der Waals surface area contributed by atoms with E-state index in [0.29, 0.717) is 6.07 Å². The first-order valence-electron chi connectivity index (χ1n) is 4.92. The van der Waals surface area contributed by atoms with Gasteiger partial charge in [0.15, 0.2) is 5.96 Å². The van der Waals surface area contributed by atoms with Gasteiger partial charge in [-0.2, -0.15) is 23.4 Å². The number of carbonyl (C=O) groups excluding carboxylic acids is 1. The minimum absolute atomic E-state index is 0.180. The minimum Gasteiger partial charge on any atom is -0.370 e. The van der Waals surface area contributed by atoms with Crippen LogP contribution >= 0.6 is 0 Å². The van der Waals surface area contributed by atoms with Gasteiger partial charge in [0.05, 0.1) is 17.2 Å². The zero-order chi connectivity index (χ0) is 14.8. The number of hydrogen-bond donors (Lipinski definition) is 2. The Hall–Kier alpha value is -2.56. The Kier molecular flexibility index (Phi) is 3.80. The monoisotopic (exact) mass is 270 g/mol. The Morgan fingerprint density at radius 2 is 1.95 bits per heavy atom. The summed E-state index contributed by atoms with van der Waals surface area (Å²) in [5.74, 6) is -1.55. The first-order valence-corrected chi connectivity index (χ1v) is 4.92. The third-order valence-corrected chi connectivity index (χ3v) is 2.25. The van der Waals surface area contributed by atoms with Crippen LogP contribution in [0.4, 0.5) is 13.2 Å². The summed E-state index contributed by atoms with van der Waals surface area (Å²) in [6.45, 7) is 1.39. The summed E-state index contributed by atoms with van der Waals surface area (Å²) in [5.41, 5.74) is 8.10. The van der Waals surface area contributed by atoms with Crippen molar-refractivity contribution in [2.24, 2.45) is 16.5 Å². The van der Waals surface area contributed by atoms with Crippen molar-refractivity contribution in [3.63, 3.8) is 0 Å². The molecule has 100 valence electrons. The molecule has 8 heteroatoms. The fraction of sp³-hybridized carbons (Fsp3) is 0.182. The molecule has 0 heterocycles. The summed E-state index contributed by atoms with van der Waals surface area (Å²) in [5, 5.41) is 8.68. The highest BCUT2D eigenvalue weighted by Crippen LogP contribution is 2.33. The van der Waals surface area contributed by atoms with E-state index >= 15 is 0 Å². The summed E-state index contributed by atoms with van der Waals surface area (Å²) in [6.07, 6.45) is -4.74. The van der Waals surface area contributed by atoms with Crippen LogP contribution in [-0.2, 0) is 6.18 Å². The number of guanidine groups is 1. The van der Waals surface area contributed by atoms with E-state index in [2.05, 4.69) is 4.99 Å². The quantitative estimate of drug-likeness (QED) is 0.592. The van der Waals surface area contributed by atoms with Crippen molar-refractivity contribution in [3.8, 4) is 6.07 Å². The second kappa shape index (κ2) is 4.97. The number of benzene rings is 1. The Labute approximate surface area is 106 Å². The minimum atomic E-state index is -4.74. The van der Waals surface area contributed by atoms with E-state index in [-0.39, 0.29) is 11.1 Å². The van der Waals surface area contributed by atoms with E-state index in [4.69, 9.17) is 16.7 Å². The van der Waals surface area contributed by atoms with Gasteiger partial charge < -0.3 is 11.5 Å². The van der Waals surface area contributed by atoms with Crippen LogP contribution in [0, 0.1) is 18.3 Å². The first-order chi connectivity index (χ1) is 8.66. The highest BCUT2D eigenvalue weighted by molar-refractivity contribution is 6.03. The van der Waals surface area contributed by atoms with Crippen LogP contribution in [0.2, 0.25) is 0 Å². The number of nitrogens with two attached hydrogens (primary N) is 2. The lowest BCUT2D eigenvalue weighted by Gasteiger charge is -2.11. The summed E-state index contributed by atoms with van der Waals surface area (Å²) in [7, 11) is 0. The average Bonchev–Trinajstić information content (AvgIpc) is 2.25. The van der Waals surface area contributed by atoms with Crippen LogP contribution < -0.4 is 11.5 Å². The normalized spacial score (nSPS) is 10.7. The third kappa shape index (κ3) is 3.22. The smallest absolute Gasteiger partial charge is 0.370 e. The fourth-order valence-corrected chi connectivity index (χ4v) is 1.44. The van der Waals surface area contributed by atoms with E-state index in [0.717, 1.165) is 6.07 Å². The number of aliphatic imine (C=N–C) groups is 1. The van der Waals surface area contributed by atoms with Gasteiger partial charge in [0.1, 0.15) is 0 Å². The molecule has 1 amide bonds. The third-order valence-electron chi connectivity index (χ3n) is 2.25. The van der Waals surface area contributed by atoms with Crippen molar-refractivity contribution < 1.29 is 18.0 Å². The zero-order valence-corrected chi connectivity index (χ0v) is 9.75. The molecule has 0 bridgehead atoms. The number of aryl methyl sites for hydroxylation is 1. The number of halogens is 3. The molecule has 0 aromatic heterocycles. The molecule has 1 aromatic rings. The largest absolute Gasteiger partial charge is 0.417 e. The van der Waals surface area contributed by atoms with E-state index in [1.165, 1.54) is 13.0 Å². The molecule has 0 atom stereocenters. The van der Waals surface area contributed by atoms with E-state index in [9.17, 15) is 18.0 Å². The molecule has 0 saturated heterocycles. The van der Waals surface area contributed by atoms with Gasteiger partial charge in [0.2, 0.25) is 0 Å². The molecule has 0 aliphatic heterocycles. The molecular weight excluding hydrogens is 261 g/mol. The van der Waals surface area contributed by atoms with Crippen molar-refractivity contribution in [1.82, 2.24) is 0 Å². The molecule has 5 nitrogen and oxygen atoms in total. The van der Waals surface area contributed by atoms with Gasteiger partial charge in [-0.3, -0.25) is 4.79 Å². The predicted octanol–water partition coefficient (Wildman–Crippen LogP) is 1.30. The summed E-state index contributed by atoms with van der Waals surface area (Å²) in [4.78, 5) is 14.7. The molecule has 0 radical (unpaired) electrons. The second-order valence-electron chi connectivity index (χ2n) is 3.66. The van der Waals surface area contributed by atoms with Gasteiger partial charge in [-0.25, -0.2) is 0 Å². The number of hydrogen-bond acceptors (Lipinski definition) is 2. The van der Waals surface area contributed by atoms with Gasteiger partial charge in [0.25, 0.3) is 5.91 Å². The van der Waals surface area contributed by atoms with E-state index < -0.39 is 29.2 Å². The van der Waals surface area contributed by atoms with Gasteiger partial charge in [-0.15, -0.1) is 0 Å². The summed E-state index contributed by atoms with van der Waals surface area (Å²) in [6, 6.07) is 2.98. The van der Waals surface area contributed by atoms with E-state index in [1.807, 2.05) is 0 Å². The highest BCUT2D eigenvalue weighted by Gasteiger charge is 2.34. The van der Waals surface area contributed by atoms with Gasteiger partial charge in [0, 0.05) is 5.56 Å². The number of nitrogens with zero attached hydrogens (tertiary/aromatic N) is 2. The van der Waals surface area contributed by atoms with Crippen LogP contribution in [0.5, 0.6) is 0 Å². The molecule has 0 unspecified atom stereocenters. The lowest BCUT2D eigenvalue weighted by atomic mass is 9.99. The molecule has 1 aromatic carbocycles. The summed E-state index contributed by atoms with van der Waals surface area (Å²) >= 11 is 0. The number of nitriles is 1. The predicted molar refractivity (Wildman–Crippen MR) is 61.0 cm³/mol. The van der Waals surface area contributed by atoms with Gasteiger partial charge in [-0.05, 0) is 24.6 Å². The lowest BCUT2D eigenvalue weighted by molar-refractivity contribution is -0.137. The maximum atomic E-state index is 12.7. The van der Waals surface area contributed by atoms with Crippen LogP contribution in [0.25, 0.3) is 0 Å². The molecule has 0 spiro atoms. The highest BCUT2D eigenvalue weighted by atomic mass is 19.4. The maximum Gasteiger partial charge on any atom is 0.417 e. The zero-order valence-electron chi connectivity index (χ0n) is 9.75. The molecule has 1 rings (SSSR count). The maximum absolute atomic E-state index is 12.7. The number of amides is 1. The van der Waals surface area contributed by atoms with Crippen molar-refractivity contribution >= 4 is 11.9 Å². The Morgan fingerprint density at radius 3 is 2.37 bits per heavy atom. The van der Waals surface area contributed by atoms with Gasteiger partial charge >= 0.3 is 6.18 Å². The molecule has 0 aliphatic rings. The summed E-state index contributed by atoms with van der Waals surface area (Å²) < 4.78 is 38.2. The molecule has 0 saturated carbocycles. The first kappa shape index (κ1) is 14.5. The Balaban J connectivity index is 3.50. The second-order valence-corrected chi connectivity index (χ2v) is 3.66. The van der Waals surface area contributed by atoms with Crippen molar-refractivity contribution in [2.75, 3.05) is 0 Å². The van der Waals surface area contributed by atoms with Crippen LogP contribution in [0.15, 0.2) is 17.1 Å². The number of alkyl halides is 3. The molecule has 0 fully saturated rings. The van der Waals surface area contributed by atoms with Crippen molar-refractivity contribution in [3.05, 3.63) is 34.4 Å². The SMILES string of the molecule is Cc1cc(C#N)c(C(F)(F)F)cc1C(=O)N=C(N)N. The number of rotatable bonds is 1. The van der Waals surface area contributed by atoms with Gasteiger partial charge in [-0.1, -0.05) is 0 Å². The Morgan fingerprint density at radius 1 is 1.37 bits per heavy atom. The number of carbonyl (C=O) groups is 1. The fourth-order valence-electron chi connectivity index (χ4n) is 1.44.